The van der Waals surface area contributed by atoms with Crippen molar-refractivity contribution in [1.82, 2.24) is 9.88 Å². The number of amides is 1. The van der Waals surface area contributed by atoms with E-state index in [1.165, 1.54) is 0 Å². The number of carbonyl (C=O) groups excluding carboxylic acids is 1. The van der Waals surface area contributed by atoms with Crippen molar-refractivity contribution in [2.75, 3.05) is 18.9 Å². The summed E-state index contributed by atoms with van der Waals surface area (Å²) < 4.78 is 0. The number of anilines is 1. The van der Waals surface area contributed by atoms with E-state index in [1.54, 1.807) is 18.3 Å². The minimum atomic E-state index is -0.344. The summed E-state index contributed by atoms with van der Waals surface area (Å²) in [6.45, 7) is 0.229. The Kier molecular flexibility index (Phi) is 5.34. The fourth-order valence-electron chi connectivity index (χ4n) is 2.62. The van der Waals surface area contributed by atoms with E-state index in [9.17, 15) is 9.90 Å². The molecule has 1 heterocycles. The molecule has 110 valence electrons. The Hall–Kier alpha value is -1.17. The lowest BCUT2D eigenvalue weighted by Gasteiger charge is -2.34. The van der Waals surface area contributed by atoms with Gasteiger partial charge < -0.3 is 10.4 Å². The molecule has 1 amide bonds. The Labute approximate surface area is 123 Å². The van der Waals surface area contributed by atoms with Crippen LogP contribution in [0.2, 0.25) is 5.15 Å². The molecule has 0 aliphatic heterocycles. The molecule has 1 aromatic heterocycles. The summed E-state index contributed by atoms with van der Waals surface area (Å²) in [5.74, 6) is -0.153. The largest absolute Gasteiger partial charge is 0.391 e. The Morgan fingerprint density at radius 2 is 2.30 bits per heavy atom. The Morgan fingerprint density at radius 3 is 3.00 bits per heavy atom. The van der Waals surface area contributed by atoms with Gasteiger partial charge in [-0.25, -0.2) is 4.98 Å². The summed E-state index contributed by atoms with van der Waals surface area (Å²) in [5, 5.41) is 13.0. The fourth-order valence-corrected chi connectivity index (χ4v) is 2.79. The molecular weight excluding hydrogens is 278 g/mol. The van der Waals surface area contributed by atoms with Gasteiger partial charge in [-0.2, -0.15) is 0 Å². The maximum absolute atomic E-state index is 12.0. The second-order valence-electron chi connectivity index (χ2n) is 5.22. The van der Waals surface area contributed by atoms with E-state index in [-0.39, 0.29) is 29.8 Å². The van der Waals surface area contributed by atoms with Gasteiger partial charge in [0.1, 0.15) is 0 Å². The highest BCUT2D eigenvalue weighted by atomic mass is 35.5. The van der Waals surface area contributed by atoms with Crippen molar-refractivity contribution >= 4 is 23.2 Å². The number of nitrogens with one attached hydrogen (secondary N) is 1. The monoisotopic (exact) mass is 297 g/mol. The molecule has 2 atom stereocenters. The first kappa shape index (κ1) is 15.2. The number of nitrogens with zero attached hydrogens (tertiary/aromatic N) is 2. The fraction of sp³-hybridized carbons (Fsp3) is 0.571. The molecule has 2 N–H and O–H groups in total. The molecule has 0 radical (unpaired) electrons. The molecule has 0 aromatic carbocycles. The standard InChI is InChI=1S/C14H20ClN3O2/c1-18(11-6-2-3-7-12(11)19)9-13(20)17-10-5-4-8-16-14(10)15/h4-5,8,11-12,19H,2-3,6-7,9H2,1H3,(H,17,20). The summed E-state index contributed by atoms with van der Waals surface area (Å²) in [7, 11) is 1.86. The smallest absolute Gasteiger partial charge is 0.238 e. The van der Waals surface area contributed by atoms with Gasteiger partial charge in [0.15, 0.2) is 5.15 Å². The van der Waals surface area contributed by atoms with Crippen molar-refractivity contribution in [2.24, 2.45) is 0 Å². The highest BCUT2D eigenvalue weighted by Gasteiger charge is 2.27. The molecule has 1 saturated carbocycles. The van der Waals surface area contributed by atoms with Crippen LogP contribution < -0.4 is 5.32 Å². The Balaban J connectivity index is 1.89. The molecule has 20 heavy (non-hydrogen) atoms. The van der Waals surface area contributed by atoms with Crippen molar-refractivity contribution in [3.63, 3.8) is 0 Å². The molecule has 2 unspecified atom stereocenters. The van der Waals surface area contributed by atoms with Crippen molar-refractivity contribution in [2.45, 2.75) is 37.8 Å². The van der Waals surface area contributed by atoms with Crippen LogP contribution in [0.15, 0.2) is 18.3 Å². The molecule has 1 aromatic rings. The zero-order valence-corrected chi connectivity index (χ0v) is 12.3. The number of likely N-dealkylation sites (N-methyl/N-ethyl adjacent to an activating group) is 1. The molecule has 1 aliphatic carbocycles. The van der Waals surface area contributed by atoms with Crippen LogP contribution in [0, 0.1) is 0 Å². The number of pyridine rings is 1. The van der Waals surface area contributed by atoms with Crippen LogP contribution in [-0.4, -0.2) is 46.6 Å². The van der Waals surface area contributed by atoms with Crippen LogP contribution in [0.1, 0.15) is 25.7 Å². The molecule has 2 rings (SSSR count). The third kappa shape index (κ3) is 3.91. The van der Waals surface area contributed by atoms with Gasteiger partial charge in [0.2, 0.25) is 5.91 Å². The first-order chi connectivity index (χ1) is 9.58. The third-order valence-corrected chi connectivity index (χ3v) is 3.99. The SMILES string of the molecule is CN(CC(=O)Nc1cccnc1Cl)C1CCCCC1O. The zero-order chi connectivity index (χ0) is 14.5. The van der Waals surface area contributed by atoms with Crippen molar-refractivity contribution in [1.29, 1.82) is 0 Å². The third-order valence-electron chi connectivity index (χ3n) is 3.69. The summed E-state index contributed by atoms with van der Waals surface area (Å²) in [4.78, 5) is 17.8. The molecule has 1 aliphatic rings. The van der Waals surface area contributed by atoms with Crippen LogP contribution in [0.3, 0.4) is 0 Å². The van der Waals surface area contributed by atoms with Gasteiger partial charge in [-0.3, -0.25) is 9.69 Å². The molecule has 5 nitrogen and oxygen atoms in total. The number of hydrogen-bond donors (Lipinski definition) is 2. The molecule has 6 heteroatoms. The lowest BCUT2D eigenvalue weighted by molar-refractivity contribution is -0.118. The van der Waals surface area contributed by atoms with Gasteiger partial charge >= 0.3 is 0 Å². The molecule has 0 bridgehead atoms. The van der Waals surface area contributed by atoms with Crippen molar-refractivity contribution < 1.29 is 9.90 Å². The zero-order valence-electron chi connectivity index (χ0n) is 11.6. The number of carbonyl (C=O) groups is 1. The number of rotatable bonds is 4. The maximum Gasteiger partial charge on any atom is 0.238 e. The molecule has 0 spiro atoms. The van der Waals surface area contributed by atoms with Crippen LogP contribution in [0.4, 0.5) is 5.69 Å². The van der Waals surface area contributed by atoms with Gasteiger partial charge in [0, 0.05) is 12.2 Å². The second-order valence-corrected chi connectivity index (χ2v) is 5.58. The van der Waals surface area contributed by atoms with Crippen molar-refractivity contribution in [3.8, 4) is 0 Å². The number of halogens is 1. The Morgan fingerprint density at radius 1 is 1.55 bits per heavy atom. The van der Waals surface area contributed by atoms with Gasteiger partial charge in [0.05, 0.1) is 18.3 Å². The van der Waals surface area contributed by atoms with E-state index >= 15 is 0 Å². The number of aliphatic hydroxyl groups excluding tert-OH is 1. The molecule has 0 saturated heterocycles. The quantitative estimate of drug-likeness (QED) is 0.833. The highest BCUT2D eigenvalue weighted by molar-refractivity contribution is 6.32. The van der Waals surface area contributed by atoms with Crippen LogP contribution >= 0.6 is 11.6 Å². The maximum atomic E-state index is 12.0. The predicted octanol–water partition coefficient (Wildman–Crippen LogP) is 1.91. The summed E-state index contributed by atoms with van der Waals surface area (Å²) in [6.07, 6.45) is 5.13. The number of aromatic nitrogens is 1. The molecule has 1 fully saturated rings. The second kappa shape index (κ2) is 7.02. The van der Waals surface area contributed by atoms with E-state index in [2.05, 4.69) is 10.3 Å². The van der Waals surface area contributed by atoms with Gasteiger partial charge in [-0.1, -0.05) is 24.4 Å². The van der Waals surface area contributed by atoms with E-state index in [0.29, 0.717) is 5.69 Å². The number of aliphatic hydroxyl groups is 1. The first-order valence-corrected chi connectivity index (χ1v) is 7.24. The lowest BCUT2D eigenvalue weighted by atomic mass is 9.91. The highest BCUT2D eigenvalue weighted by Crippen LogP contribution is 2.22. The summed E-state index contributed by atoms with van der Waals surface area (Å²) in [5.41, 5.74) is 0.511. The average Bonchev–Trinajstić information content (AvgIpc) is 2.41. The van der Waals surface area contributed by atoms with Crippen molar-refractivity contribution in [3.05, 3.63) is 23.5 Å². The minimum Gasteiger partial charge on any atom is -0.391 e. The van der Waals surface area contributed by atoms with E-state index in [1.807, 2.05) is 11.9 Å². The van der Waals surface area contributed by atoms with Gasteiger partial charge in [-0.05, 0) is 32.0 Å². The van der Waals surface area contributed by atoms with Crippen LogP contribution in [0.25, 0.3) is 0 Å². The average molecular weight is 298 g/mol. The number of hydrogen-bond acceptors (Lipinski definition) is 4. The minimum absolute atomic E-state index is 0.0545. The van der Waals surface area contributed by atoms with Gasteiger partial charge in [0.25, 0.3) is 0 Å². The summed E-state index contributed by atoms with van der Waals surface area (Å²) in [6, 6.07) is 3.48. The summed E-state index contributed by atoms with van der Waals surface area (Å²) >= 11 is 5.90. The predicted molar refractivity (Wildman–Crippen MR) is 78.8 cm³/mol. The van der Waals surface area contributed by atoms with E-state index < -0.39 is 0 Å². The van der Waals surface area contributed by atoms with Crippen LogP contribution in [-0.2, 0) is 4.79 Å². The van der Waals surface area contributed by atoms with E-state index in [0.717, 1.165) is 25.7 Å². The normalized spacial score (nSPS) is 22.8. The van der Waals surface area contributed by atoms with E-state index in [4.69, 9.17) is 11.6 Å². The van der Waals surface area contributed by atoms with Gasteiger partial charge in [-0.15, -0.1) is 0 Å². The first-order valence-electron chi connectivity index (χ1n) is 6.86. The molecular formula is C14H20ClN3O2. The van der Waals surface area contributed by atoms with Crippen LogP contribution in [0.5, 0.6) is 0 Å². The lowest BCUT2D eigenvalue weighted by Crippen LogP contribution is -2.46. The topological polar surface area (TPSA) is 65.5 Å². The Bertz CT molecular complexity index is 469.